The minimum atomic E-state index is 0.491. The Kier molecular flexibility index (Phi) is 1.61. The van der Waals surface area contributed by atoms with Gasteiger partial charge in [-0.15, -0.1) is 0 Å². The van der Waals surface area contributed by atoms with Crippen molar-refractivity contribution in [3.8, 4) is 0 Å². The number of ether oxygens (including phenoxy) is 1. The van der Waals surface area contributed by atoms with Crippen molar-refractivity contribution in [3.05, 3.63) is 0 Å². The van der Waals surface area contributed by atoms with E-state index in [9.17, 15) is 0 Å². The van der Waals surface area contributed by atoms with Gasteiger partial charge >= 0.3 is 0 Å². The van der Waals surface area contributed by atoms with E-state index in [1.54, 1.807) is 0 Å². The van der Waals surface area contributed by atoms with Crippen molar-refractivity contribution in [1.29, 1.82) is 0 Å². The van der Waals surface area contributed by atoms with Crippen LogP contribution >= 0.6 is 0 Å². The third-order valence-corrected chi connectivity index (χ3v) is 1.95. The lowest BCUT2D eigenvalue weighted by atomic mass is 9.88. The van der Waals surface area contributed by atoms with Crippen LogP contribution in [0, 0.1) is 5.92 Å². The van der Waals surface area contributed by atoms with E-state index < -0.39 is 0 Å². The predicted molar refractivity (Wildman–Crippen MR) is 36.7 cm³/mol. The fourth-order valence-electron chi connectivity index (χ4n) is 1.27. The van der Waals surface area contributed by atoms with Crippen LogP contribution in [0.15, 0.2) is 0 Å². The van der Waals surface area contributed by atoms with Crippen LogP contribution in [-0.2, 0) is 4.74 Å². The van der Waals surface area contributed by atoms with E-state index in [-0.39, 0.29) is 0 Å². The van der Waals surface area contributed by atoms with Gasteiger partial charge in [-0.3, -0.25) is 0 Å². The normalized spacial score (nSPS) is 47.5. The maximum absolute atomic E-state index is 5.47. The summed E-state index contributed by atoms with van der Waals surface area (Å²) in [5.41, 5.74) is 0. The molecule has 0 aliphatic carbocycles. The Balaban J connectivity index is 2.39. The van der Waals surface area contributed by atoms with E-state index in [1.807, 2.05) is 0 Å². The molecule has 1 heterocycles. The highest BCUT2D eigenvalue weighted by molar-refractivity contribution is 6.11. The Labute approximate surface area is 51.8 Å². The van der Waals surface area contributed by atoms with Crippen molar-refractivity contribution >= 4 is 7.85 Å². The Morgan fingerprint density at radius 2 is 2.12 bits per heavy atom. The molecule has 1 nitrogen and oxygen atoms in total. The maximum atomic E-state index is 5.47. The van der Waals surface area contributed by atoms with Gasteiger partial charge < -0.3 is 4.74 Å². The molecule has 3 atom stereocenters. The first-order valence-electron chi connectivity index (χ1n) is 3.35. The Hall–Kier alpha value is 0.0249. The zero-order valence-corrected chi connectivity index (χ0v) is 5.85. The summed E-state index contributed by atoms with van der Waals surface area (Å²) in [5, 5.41) is 0. The monoisotopic (exact) mass is 112 g/mol. The summed E-state index contributed by atoms with van der Waals surface area (Å²) < 4.78 is 5.47. The second-order valence-corrected chi connectivity index (χ2v) is 2.86. The topological polar surface area (TPSA) is 9.23 Å². The predicted octanol–water partition coefficient (Wildman–Crippen LogP) is 0.390. The summed E-state index contributed by atoms with van der Waals surface area (Å²) in [6.45, 7) is 4.38. The molecule has 0 aromatic rings. The van der Waals surface area contributed by atoms with Gasteiger partial charge in [-0.1, -0.05) is 6.92 Å². The standard InChI is InChI=1S/C6H13BO/c1-4-3-5(2)8-6(4)7/h4-6H,3,7H2,1-2H3/t4-,5?,6+/m0/s1. The highest BCUT2D eigenvalue weighted by Crippen LogP contribution is 2.22. The molecular weight excluding hydrogens is 98.9 g/mol. The van der Waals surface area contributed by atoms with E-state index in [2.05, 4.69) is 21.7 Å². The van der Waals surface area contributed by atoms with Crippen molar-refractivity contribution in [3.63, 3.8) is 0 Å². The molecule has 1 unspecified atom stereocenters. The fraction of sp³-hybridized carbons (Fsp3) is 1.00. The van der Waals surface area contributed by atoms with Gasteiger partial charge in [-0.2, -0.15) is 0 Å². The van der Waals surface area contributed by atoms with Gasteiger partial charge in [0, 0.05) is 6.00 Å². The van der Waals surface area contributed by atoms with Crippen LogP contribution in [0.2, 0.25) is 0 Å². The summed E-state index contributed by atoms with van der Waals surface area (Å²) in [5.74, 6) is 0.769. The summed E-state index contributed by atoms with van der Waals surface area (Å²) in [6, 6.07) is 0.491. The average molecular weight is 112 g/mol. The van der Waals surface area contributed by atoms with Gasteiger partial charge in [0.2, 0.25) is 0 Å². The molecule has 0 amide bonds. The van der Waals surface area contributed by atoms with Crippen LogP contribution in [0.4, 0.5) is 0 Å². The van der Waals surface area contributed by atoms with Crippen LogP contribution in [0.1, 0.15) is 20.3 Å². The van der Waals surface area contributed by atoms with Crippen LogP contribution in [0.5, 0.6) is 0 Å². The summed E-state index contributed by atoms with van der Waals surface area (Å²) >= 11 is 0. The zero-order valence-electron chi connectivity index (χ0n) is 5.85. The van der Waals surface area contributed by atoms with E-state index >= 15 is 0 Å². The third-order valence-electron chi connectivity index (χ3n) is 1.95. The second kappa shape index (κ2) is 2.10. The Morgan fingerprint density at radius 3 is 2.25 bits per heavy atom. The first-order valence-corrected chi connectivity index (χ1v) is 3.35. The number of hydrogen-bond acceptors (Lipinski definition) is 1. The number of hydrogen-bond donors (Lipinski definition) is 0. The highest BCUT2D eigenvalue weighted by atomic mass is 16.5. The number of rotatable bonds is 0. The minimum Gasteiger partial charge on any atom is -0.384 e. The van der Waals surface area contributed by atoms with Crippen LogP contribution in [0.3, 0.4) is 0 Å². The van der Waals surface area contributed by atoms with Crippen molar-refractivity contribution in [2.24, 2.45) is 5.92 Å². The molecule has 0 spiro atoms. The third kappa shape index (κ3) is 1.05. The summed E-state index contributed by atoms with van der Waals surface area (Å²) in [4.78, 5) is 0. The molecule has 1 rings (SSSR count). The molecule has 0 aromatic carbocycles. The Bertz CT molecular complexity index is 74.6. The molecule has 0 radical (unpaired) electrons. The molecule has 0 N–H and O–H groups in total. The largest absolute Gasteiger partial charge is 0.384 e. The molecule has 0 saturated carbocycles. The molecule has 1 aliphatic rings. The molecule has 1 fully saturated rings. The summed E-state index contributed by atoms with van der Waals surface area (Å²) in [6.07, 6.45) is 1.74. The van der Waals surface area contributed by atoms with E-state index in [4.69, 9.17) is 4.74 Å². The van der Waals surface area contributed by atoms with Gasteiger partial charge in [0.1, 0.15) is 7.85 Å². The SMILES string of the molecule is B[C@@H]1OC(C)C[C@@H]1C. The summed E-state index contributed by atoms with van der Waals surface area (Å²) in [7, 11) is 2.15. The molecule has 1 saturated heterocycles. The van der Waals surface area contributed by atoms with Gasteiger partial charge in [0.05, 0.1) is 6.10 Å². The quantitative estimate of drug-likeness (QED) is 0.412. The molecule has 1 aliphatic heterocycles. The van der Waals surface area contributed by atoms with Gasteiger partial charge in [0.25, 0.3) is 0 Å². The fourth-order valence-corrected chi connectivity index (χ4v) is 1.27. The first-order chi connectivity index (χ1) is 3.70. The maximum Gasteiger partial charge on any atom is 0.139 e. The molecule has 8 heavy (non-hydrogen) atoms. The van der Waals surface area contributed by atoms with Crippen molar-refractivity contribution in [2.75, 3.05) is 0 Å². The first kappa shape index (κ1) is 6.15. The lowest BCUT2D eigenvalue weighted by Crippen LogP contribution is -2.12. The molecule has 0 aromatic heterocycles. The second-order valence-electron chi connectivity index (χ2n) is 2.86. The molecular formula is C6H13BO. The van der Waals surface area contributed by atoms with Crippen molar-refractivity contribution < 1.29 is 4.74 Å². The Morgan fingerprint density at radius 1 is 1.50 bits per heavy atom. The lowest BCUT2D eigenvalue weighted by molar-refractivity contribution is 0.0948. The van der Waals surface area contributed by atoms with E-state index in [0.29, 0.717) is 12.1 Å². The zero-order chi connectivity index (χ0) is 6.15. The van der Waals surface area contributed by atoms with Gasteiger partial charge in [0.15, 0.2) is 0 Å². The molecule has 0 bridgehead atoms. The molecule has 2 heteroatoms. The molecule has 46 valence electrons. The highest BCUT2D eigenvalue weighted by Gasteiger charge is 2.24. The van der Waals surface area contributed by atoms with Crippen molar-refractivity contribution in [2.45, 2.75) is 32.4 Å². The van der Waals surface area contributed by atoms with Crippen LogP contribution in [-0.4, -0.2) is 20.0 Å². The van der Waals surface area contributed by atoms with Crippen LogP contribution in [0.25, 0.3) is 0 Å². The minimum absolute atomic E-state index is 0.491. The van der Waals surface area contributed by atoms with Gasteiger partial charge in [-0.05, 0) is 19.3 Å². The van der Waals surface area contributed by atoms with E-state index in [1.165, 1.54) is 6.42 Å². The smallest absolute Gasteiger partial charge is 0.139 e. The average Bonchev–Trinajstić information content (AvgIpc) is 1.85. The van der Waals surface area contributed by atoms with Crippen molar-refractivity contribution in [1.82, 2.24) is 0 Å². The lowest BCUT2D eigenvalue weighted by Gasteiger charge is -2.05. The van der Waals surface area contributed by atoms with Gasteiger partial charge in [-0.25, -0.2) is 0 Å². The van der Waals surface area contributed by atoms with Crippen LogP contribution < -0.4 is 0 Å². The van der Waals surface area contributed by atoms with E-state index in [0.717, 1.165) is 5.92 Å².